The molecule has 1 aromatic heterocycles. The third kappa shape index (κ3) is 5.42. The fourth-order valence-corrected chi connectivity index (χ4v) is 4.59. The minimum absolute atomic E-state index is 0.0828. The van der Waals surface area contributed by atoms with E-state index in [-0.39, 0.29) is 25.2 Å². The molecule has 0 fully saturated rings. The van der Waals surface area contributed by atoms with Crippen molar-refractivity contribution in [1.29, 1.82) is 0 Å². The zero-order chi connectivity index (χ0) is 28.3. The van der Waals surface area contributed by atoms with Gasteiger partial charge in [-0.3, -0.25) is 14.5 Å². The first-order valence-electron chi connectivity index (χ1n) is 13.3. The van der Waals surface area contributed by atoms with Crippen molar-refractivity contribution in [2.75, 3.05) is 18.3 Å². The Labute approximate surface area is 232 Å². The van der Waals surface area contributed by atoms with E-state index in [0.29, 0.717) is 52.6 Å². The van der Waals surface area contributed by atoms with Crippen LogP contribution >= 0.6 is 0 Å². The molecule has 40 heavy (non-hydrogen) atoms. The molecule has 1 N–H and O–H groups in total. The molecule has 2 heterocycles. The van der Waals surface area contributed by atoms with Crippen LogP contribution in [0.2, 0.25) is 0 Å². The van der Waals surface area contributed by atoms with E-state index in [1.165, 1.54) is 9.58 Å². The Kier molecular flexibility index (Phi) is 7.59. The summed E-state index contributed by atoms with van der Waals surface area (Å²) in [6.45, 7) is 8.11. The Morgan fingerprint density at radius 1 is 1.05 bits per heavy atom. The van der Waals surface area contributed by atoms with E-state index < -0.39 is 11.6 Å². The van der Waals surface area contributed by atoms with Gasteiger partial charge in [0.05, 0.1) is 12.1 Å². The van der Waals surface area contributed by atoms with Gasteiger partial charge in [-0.1, -0.05) is 42.5 Å². The number of aromatic nitrogens is 3. The molecule has 0 aliphatic carbocycles. The van der Waals surface area contributed by atoms with E-state index in [9.17, 15) is 9.59 Å². The van der Waals surface area contributed by atoms with Gasteiger partial charge in [-0.15, -0.1) is 5.10 Å². The number of hydrogen-bond acceptors (Lipinski definition) is 7. The van der Waals surface area contributed by atoms with Gasteiger partial charge in [0.2, 0.25) is 18.6 Å². The van der Waals surface area contributed by atoms with Gasteiger partial charge in [0, 0.05) is 22.9 Å². The molecule has 2 amide bonds. The maximum Gasteiger partial charge on any atom is 0.249 e. The molecule has 10 nitrogen and oxygen atoms in total. The molecule has 3 aromatic carbocycles. The number of carbonyl (C=O) groups excluding carboxylic acids is 2. The molecule has 0 bridgehead atoms. The van der Waals surface area contributed by atoms with Crippen LogP contribution in [0.5, 0.6) is 17.2 Å². The molecule has 0 saturated carbocycles. The topological polar surface area (TPSA) is 108 Å². The van der Waals surface area contributed by atoms with Gasteiger partial charge in [-0.05, 0) is 57.5 Å². The Balaban J connectivity index is 1.65. The van der Waals surface area contributed by atoms with Crippen molar-refractivity contribution >= 4 is 28.5 Å². The van der Waals surface area contributed by atoms with E-state index in [4.69, 9.17) is 14.2 Å². The predicted octanol–water partition coefficient (Wildman–Crippen LogP) is 4.64. The van der Waals surface area contributed by atoms with Crippen LogP contribution in [-0.2, 0) is 16.1 Å². The second-order valence-corrected chi connectivity index (χ2v) is 10.1. The van der Waals surface area contributed by atoms with Crippen LogP contribution in [-0.4, -0.2) is 45.7 Å². The Morgan fingerprint density at radius 3 is 2.60 bits per heavy atom. The lowest BCUT2D eigenvalue weighted by molar-refractivity contribution is -0.128. The minimum atomic E-state index is -1.06. The third-order valence-corrected chi connectivity index (χ3v) is 6.97. The van der Waals surface area contributed by atoms with Crippen molar-refractivity contribution in [2.24, 2.45) is 0 Å². The summed E-state index contributed by atoms with van der Waals surface area (Å²) in [6, 6.07) is 18.8. The van der Waals surface area contributed by atoms with Gasteiger partial charge in [0.25, 0.3) is 0 Å². The van der Waals surface area contributed by atoms with Crippen LogP contribution in [0.15, 0.2) is 66.7 Å². The number of anilines is 1. The van der Waals surface area contributed by atoms with Gasteiger partial charge in [0.1, 0.15) is 23.9 Å². The Bertz CT molecular complexity index is 1530. The number of nitrogens with zero attached hydrogens (tertiary/aromatic N) is 4. The normalized spacial score (nSPS) is 13.2. The zero-order valence-corrected chi connectivity index (χ0v) is 23.1. The van der Waals surface area contributed by atoms with Crippen molar-refractivity contribution in [3.63, 3.8) is 0 Å². The average Bonchev–Trinajstić information content (AvgIpc) is 3.59. The minimum Gasteiger partial charge on any atom is -0.493 e. The van der Waals surface area contributed by atoms with Crippen molar-refractivity contribution in [2.45, 2.75) is 52.2 Å². The summed E-state index contributed by atoms with van der Waals surface area (Å²) in [4.78, 5) is 30.0. The molecule has 10 heteroatoms. The molecule has 0 saturated heterocycles. The molecule has 5 rings (SSSR count). The van der Waals surface area contributed by atoms with Gasteiger partial charge in [-0.25, -0.2) is 4.68 Å². The molecular formula is C30H33N5O5. The smallest absolute Gasteiger partial charge is 0.249 e. The lowest BCUT2D eigenvalue weighted by atomic mass is 9.97. The molecule has 1 unspecified atom stereocenters. The summed E-state index contributed by atoms with van der Waals surface area (Å²) in [7, 11) is 0. The van der Waals surface area contributed by atoms with E-state index in [1.54, 1.807) is 24.3 Å². The molecule has 208 valence electrons. The van der Waals surface area contributed by atoms with Crippen LogP contribution in [0.3, 0.4) is 0 Å². The van der Waals surface area contributed by atoms with E-state index >= 15 is 0 Å². The van der Waals surface area contributed by atoms with Crippen LogP contribution in [0.25, 0.3) is 11.0 Å². The molecule has 0 radical (unpaired) electrons. The van der Waals surface area contributed by atoms with Crippen molar-refractivity contribution in [3.05, 3.63) is 72.3 Å². The van der Waals surface area contributed by atoms with Crippen LogP contribution in [0.1, 0.15) is 45.7 Å². The number of fused-ring (bicyclic) bond motifs is 2. The lowest BCUT2D eigenvalue weighted by Crippen LogP contribution is -2.51. The number of amides is 2. The highest BCUT2D eigenvalue weighted by Gasteiger charge is 2.37. The summed E-state index contributed by atoms with van der Waals surface area (Å²) >= 11 is 0. The first-order valence-corrected chi connectivity index (χ1v) is 13.3. The van der Waals surface area contributed by atoms with Crippen LogP contribution in [0.4, 0.5) is 5.69 Å². The highest BCUT2D eigenvalue weighted by molar-refractivity contribution is 6.02. The SMILES string of the molecule is CCOc1ccccc1C(C(=O)NC(C)(C)CC)N(C(=O)Cn1nnc2ccccc21)c1ccc2c(c1)OCO2. The summed E-state index contributed by atoms with van der Waals surface area (Å²) < 4.78 is 18.6. The van der Waals surface area contributed by atoms with Gasteiger partial charge in [-0.2, -0.15) is 0 Å². The number of hydrogen-bond donors (Lipinski definition) is 1. The summed E-state index contributed by atoms with van der Waals surface area (Å²) in [5.41, 5.74) is 1.90. The zero-order valence-electron chi connectivity index (χ0n) is 23.1. The van der Waals surface area contributed by atoms with Crippen molar-refractivity contribution < 1.29 is 23.8 Å². The van der Waals surface area contributed by atoms with Crippen LogP contribution in [0, 0.1) is 0 Å². The predicted molar refractivity (Wildman–Crippen MR) is 150 cm³/mol. The maximum absolute atomic E-state index is 14.3. The van der Waals surface area contributed by atoms with E-state index in [0.717, 1.165) is 0 Å². The number of carbonyl (C=O) groups is 2. The molecule has 1 atom stereocenters. The summed E-state index contributed by atoms with van der Waals surface area (Å²) in [6.07, 6.45) is 0.696. The molecule has 4 aromatic rings. The molecule has 1 aliphatic heterocycles. The number of nitrogens with one attached hydrogen (secondary N) is 1. The van der Waals surface area contributed by atoms with Crippen molar-refractivity contribution in [3.8, 4) is 17.2 Å². The first-order chi connectivity index (χ1) is 19.3. The fourth-order valence-electron chi connectivity index (χ4n) is 4.59. The maximum atomic E-state index is 14.3. The fraction of sp³-hybridized carbons (Fsp3) is 0.333. The van der Waals surface area contributed by atoms with Crippen LogP contribution < -0.4 is 24.4 Å². The summed E-state index contributed by atoms with van der Waals surface area (Å²) in [5, 5.41) is 11.5. The largest absolute Gasteiger partial charge is 0.493 e. The van der Waals surface area contributed by atoms with Gasteiger partial charge >= 0.3 is 0 Å². The lowest BCUT2D eigenvalue weighted by Gasteiger charge is -2.35. The van der Waals surface area contributed by atoms with E-state index in [2.05, 4.69) is 15.6 Å². The summed E-state index contributed by atoms with van der Waals surface area (Å²) in [5.74, 6) is 0.877. The number of ether oxygens (including phenoxy) is 3. The second-order valence-electron chi connectivity index (χ2n) is 10.1. The standard InChI is InChI=1S/C30H33N5O5/c1-5-30(3,4)31-29(37)28(21-11-7-10-14-24(21)38-6-2)35(20-15-16-25-26(17-20)40-19-39-25)27(36)18-34-23-13-9-8-12-22(23)32-33-34/h7-17,28H,5-6,18-19H2,1-4H3,(H,31,37). The number of rotatable bonds is 10. The number of para-hydroxylation sites is 2. The second kappa shape index (κ2) is 11.3. The Hall–Kier alpha value is -4.60. The van der Waals surface area contributed by atoms with E-state index in [1.807, 2.05) is 70.2 Å². The Morgan fingerprint density at radius 2 is 1.80 bits per heavy atom. The highest BCUT2D eigenvalue weighted by Crippen LogP contribution is 2.40. The first kappa shape index (κ1) is 27.0. The third-order valence-electron chi connectivity index (χ3n) is 6.97. The molecular weight excluding hydrogens is 510 g/mol. The molecule has 1 aliphatic rings. The van der Waals surface area contributed by atoms with Gasteiger partial charge in [0.15, 0.2) is 11.5 Å². The average molecular weight is 544 g/mol. The number of benzene rings is 3. The quantitative estimate of drug-likeness (QED) is 0.311. The van der Waals surface area contributed by atoms with Crippen molar-refractivity contribution in [1.82, 2.24) is 20.3 Å². The monoisotopic (exact) mass is 543 g/mol. The van der Waals surface area contributed by atoms with Gasteiger partial charge < -0.3 is 19.5 Å². The highest BCUT2D eigenvalue weighted by atomic mass is 16.7. The molecule has 0 spiro atoms.